The summed E-state index contributed by atoms with van der Waals surface area (Å²) in [6.45, 7) is 1.97. The third kappa shape index (κ3) is 3.55. The molecule has 0 aliphatic heterocycles. The Labute approximate surface area is 115 Å². The van der Waals surface area contributed by atoms with Crippen LogP contribution in [0.1, 0.15) is 12.5 Å². The highest BCUT2D eigenvalue weighted by Crippen LogP contribution is 2.24. The summed E-state index contributed by atoms with van der Waals surface area (Å²) in [5, 5.41) is 0. The molecule has 1 heterocycles. The third-order valence-corrected chi connectivity index (χ3v) is 2.95. The van der Waals surface area contributed by atoms with Gasteiger partial charge in [-0.3, -0.25) is 0 Å². The quantitative estimate of drug-likeness (QED) is 0.940. The van der Waals surface area contributed by atoms with Crippen molar-refractivity contribution >= 4 is 15.9 Å². The number of aromatic nitrogens is 1. The van der Waals surface area contributed by atoms with Gasteiger partial charge in [-0.05, 0) is 43.7 Å². The first kappa shape index (κ1) is 13.1. The summed E-state index contributed by atoms with van der Waals surface area (Å²) in [7, 11) is 0. The Bertz CT molecular complexity index is 511. The Morgan fingerprint density at radius 1 is 1.28 bits per heavy atom. The summed E-state index contributed by atoms with van der Waals surface area (Å²) in [5.41, 5.74) is 6.84. The molecule has 4 heteroatoms. The van der Waals surface area contributed by atoms with Crippen molar-refractivity contribution in [2.24, 2.45) is 5.73 Å². The second-order valence-electron chi connectivity index (χ2n) is 4.21. The number of halogens is 1. The molecule has 2 aromatic rings. The fraction of sp³-hybridized carbons (Fsp3) is 0.214. The molecule has 1 unspecified atom stereocenters. The van der Waals surface area contributed by atoms with Crippen LogP contribution in [0.2, 0.25) is 0 Å². The molecule has 2 N–H and O–H groups in total. The summed E-state index contributed by atoms with van der Waals surface area (Å²) in [5.74, 6) is 1.39. The van der Waals surface area contributed by atoms with Gasteiger partial charge in [0.05, 0.1) is 0 Å². The van der Waals surface area contributed by atoms with Crippen LogP contribution in [0.3, 0.4) is 0 Å². The predicted molar refractivity (Wildman–Crippen MR) is 75.8 cm³/mol. The predicted octanol–water partition coefficient (Wildman–Crippen LogP) is 3.53. The molecule has 0 fully saturated rings. The van der Waals surface area contributed by atoms with Crippen LogP contribution in [0.25, 0.3) is 0 Å². The number of hydrogen-bond acceptors (Lipinski definition) is 3. The average Bonchev–Trinajstić information content (AvgIpc) is 2.34. The molecule has 0 amide bonds. The molecule has 0 radical (unpaired) electrons. The van der Waals surface area contributed by atoms with E-state index in [2.05, 4.69) is 20.9 Å². The Morgan fingerprint density at radius 2 is 2.00 bits per heavy atom. The Hall–Kier alpha value is -1.39. The van der Waals surface area contributed by atoms with E-state index in [1.165, 1.54) is 0 Å². The molecular weight excluding hydrogens is 292 g/mol. The van der Waals surface area contributed by atoms with Crippen LogP contribution >= 0.6 is 15.9 Å². The van der Waals surface area contributed by atoms with Crippen molar-refractivity contribution in [1.29, 1.82) is 0 Å². The van der Waals surface area contributed by atoms with Crippen LogP contribution < -0.4 is 10.5 Å². The van der Waals surface area contributed by atoms with Crippen molar-refractivity contribution in [2.75, 3.05) is 0 Å². The minimum Gasteiger partial charge on any atom is -0.439 e. The summed E-state index contributed by atoms with van der Waals surface area (Å²) < 4.78 is 6.80. The SMILES string of the molecule is CC(N)Cc1cccnc1Oc1ccc(Br)cc1. The second-order valence-corrected chi connectivity index (χ2v) is 5.12. The molecule has 1 aromatic heterocycles. The van der Waals surface area contributed by atoms with Crippen molar-refractivity contribution in [1.82, 2.24) is 4.98 Å². The van der Waals surface area contributed by atoms with E-state index in [0.29, 0.717) is 5.88 Å². The van der Waals surface area contributed by atoms with Gasteiger partial charge >= 0.3 is 0 Å². The first-order valence-electron chi connectivity index (χ1n) is 5.78. The van der Waals surface area contributed by atoms with Crippen LogP contribution in [-0.4, -0.2) is 11.0 Å². The maximum absolute atomic E-state index is 5.82. The fourth-order valence-electron chi connectivity index (χ4n) is 1.63. The Kier molecular flexibility index (Phi) is 4.33. The van der Waals surface area contributed by atoms with Gasteiger partial charge in [-0.1, -0.05) is 22.0 Å². The Morgan fingerprint density at radius 3 is 2.67 bits per heavy atom. The Balaban J connectivity index is 2.20. The smallest absolute Gasteiger partial charge is 0.222 e. The van der Waals surface area contributed by atoms with Gasteiger partial charge in [0.25, 0.3) is 0 Å². The number of hydrogen-bond donors (Lipinski definition) is 1. The lowest BCUT2D eigenvalue weighted by atomic mass is 10.1. The lowest BCUT2D eigenvalue weighted by molar-refractivity contribution is 0.454. The molecule has 0 aliphatic carbocycles. The molecule has 94 valence electrons. The van der Waals surface area contributed by atoms with E-state index in [0.717, 1.165) is 22.2 Å². The highest BCUT2D eigenvalue weighted by atomic mass is 79.9. The first-order valence-corrected chi connectivity index (χ1v) is 6.57. The van der Waals surface area contributed by atoms with E-state index < -0.39 is 0 Å². The monoisotopic (exact) mass is 306 g/mol. The minimum atomic E-state index is 0.0847. The fourth-order valence-corrected chi connectivity index (χ4v) is 1.90. The van der Waals surface area contributed by atoms with Crippen LogP contribution in [0.4, 0.5) is 0 Å². The van der Waals surface area contributed by atoms with Crippen molar-refractivity contribution in [2.45, 2.75) is 19.4 Å². The minimum absolute atomic E-state index is 0.0847. The van der Waals surface area contributed by atoms with Gasteiger partial charge in [0.15, 0.2) is 0 Å². The highest BCUT2D eigenvalue weighted by Gasteiger charge is 2.07. The van der Waals surface area contributed by atoms with Crippen LogP contribution in [0, 0.1) is 0 Å². The number of pyridine rings is 1. The van der Waals surface area contributed by atoms with Gasteiger partial charge in [-0.15, -0.1) is 0 Å². The van der Waals surface area contributed by atoms with Gasteiger partial charge in [-0.25, -0.2) is 4.98 Å². The second kappa shape index (κ2) is 5.98. The number of benzene rings is 1. The van der Waals surface area contributed by atoms with Gasteiger partial charge in [-0.2, -0.15) is 0 Å². The molecule has 1 atom stereocenters. The summed E-state index contributed by atoms with van der Waals surface area (Å²) in [6.07, 6.45) is 2.47. The van der Waals surface area contributed by atoms with Crippen molar-refractivity contribution in [3.8, 4) is 11.6 Å². The largest absolute Gasteiger partial charge is 0.439 e. The number of ether oxygens (including phenoxy) is 1. The van der Waals surface area contributed by atoms with Crippen LogP contribution in [-0.2, 0) is 6.42 Å². The van der Waals surface area contributed by atoms with E-state index in [1.54, 1.807) is 6.20 Å². The standard InChI is InChI=1S/C14H15BrN2O/c1-10(16)9-11-3-2-8-17-14(11)18-13-6-4-12(15)5-7-13/h2-8,10H,9,16H2,1H3. The van der Waals surface area contributed by atoms with E-state index >= 15 is 0 Å². The zero-order chi connectivity index (χ0) is 13.0. The van der Waals surface area contributed by atoms with Gasteiger partial charge < -0.3 is 10.5 Å². The first-order chi connectivity index (χ1) is 8.65. The van der Waals surface area contributed by atoms with Crippen molar-refractivity contribution < 1.29 is 4.74 Å². The van der Waals surface area contributed by atoms with E-state index in [9.17, 15) is 0 Å². The zero-order valence-corrected chi connectivity index (χ0v) is 11.7. The van der Waals surface area contributed by atoms with E-state index in [4.69, 9.17) is 10.5 Å². The molecule has 18 heavy (non-hydrogen) atoms. The summed E-state index contributed by atoms with van der Waals surface area (Å²) in [4.78, 5) is 4.26. The molecule has 0 bridgehead atoms. The van der Waals surface area contributed by atoms with Crippen LogP contribution in [0.15, 0.2) is 47.1 Å². The van der Waals surface area contributed by atoms with Gasteiger partial charge in [0, 0.05) is 22.3 Å². The molecule has 2 rings (SSSR count). The van der Waals surface area contributed by atoms with Gasteiger partial charge in [0.1, 0.15) is 5.75 Å². The van der Waals surface area contributed by atoms with Crippen molar-refractivity contribution in [3.05, 3.63) is 52.6 Å². The molecule has 0 aliphatic rings. The van der Waals surface area contributed by atoms with E-state index in [-0.39, 0.29) is 6.04 Å². The number of nitrogens with two attached hydrogens (primary N) is 1. The normalized spacial score (nSPS) is 12.2. The summed E-state index contributed by atoms with van der Waals surface area (Å²) in [6, 6.07) is 11.6. The summed E-state index contributed by atoms with van der Waals surface area (Å²) >= 11 is 3.39. The molecule has 3 nitrogen and oxygen atoms in total. The maximum Gasteiger partial charge on any atom is 0.222 e. The van der Waals surface area contributed by atoms with E-state index in [1.807, 2.05) is 43.3 Å². The zero-order valence-electron chi connectivity index (χ0n) is 10.1. The van der Waals surface area contributed by atoms with Crippen LogP contribution in [0.5, 0.6) is 11.6 Å². The molecule has 1 aromatic carbocycles. The number of rotatable bonds is 4. The van der Waals surface area contributed by atoms with Gasteiger partial charge in [0.2, 0.25) is 5.88 Å². The molecule has 0 spiro atoms. The maximum atomic E-state index is 5.82. The average molecular weight is 307 g/mol. The molecular formula is C14H15BrN2O. The lowest BCUT2D eigenvalue weighted by Gasteiger charge is -2.11. The lowest BCUT2D eigenvalue weighted by Crippen LogP contribution is -2.18. The topological polar surface area (TPSA) is 48.1 Å². The number of nitrogens with zero attached hydrogens (tertiary/aromatic N) is 1. The molecule has 0 saturated carbocycles. The third-order valence-electron chi connectivity index (χ3n) is 2.42. The van der Waals surface area contributed by atoms with Crippen molar-refractivity contribution in [3.63, 3.8) is 0 Å². The highest BCUT2D eigenvalue weighted by molar-refractivity contribution is 9.10. The molecule has 0 saturated heterocycles.